The molecule has 1 aromatic heterocycles. The van der Waals surface area contributed by atoms with Crippen molar-refractivity contribution >= 4 is 33.3 Å². The normalized spacial score (nSPS) is 15.0. The van der Waals surface area contributed by atoms with E-state index in [0.717, 1.165) is 37.0 Å². The lowest BCUT2D eigenvalue weighted by Crippen LogP contribution is -2.43. The predicted octanol–water partition coefficient (Wildman–Crippen LogP) is 4.52. The summed E-state index contributed by atoms with van der Waals surface area (Å²) in [5.41, 5.74) is 0.470. The zero-order chi connectivity index (χ0) is 20.1. The number of carbonyl (C=O) groups is 2. The van der Waals surface area contributed by atoms with Crippen LogP contribution in [0.4, 0.5) is 4.39 Å². The van der Waals surface area contributed by atoms with Crippen molar-refractivity contribution in [3.63, 3.8) is 0 Å². The van der Waals surface area contributed by atoms with Gasteiger partial charge in [0.2, 0.25) is 0 Å². The van der Waals surface area contributed by atoms with Crippen molar-refractivity contribution in [2.75, 3.05) is 20.3 Å². The van der Waals surface area contributed by atoms with Gasteiger partial charge in [-0.15, -0.1) is 11.3 Å². The molecule has 1 saturated carbocycles. The molecule has 0 N–H and O–H groups in total. The van der Waals surface area contributed by atoms with E-state index in [9.17, 15) is 14.0 Å². The first-order valence-corrected chi connectivity index (χ1v) is 10.5. The first-order valence-electron chi connectivity index (χ1n) is 9.72. The average molecular weight is 408 g/mol. The van der Waals surface area contributed by atoms with Gasteiger partial charge in [0.15, 0.2) is 6.61 Å². The van der Waals surface area contributed by atoms with Gasteiger partial charge in [0.1, 0.15) is 10.7 Å². The molecule has 0 unspecified atom stereocenters. The summed E-state index contributed by atoms with van der Waals surface area (Å²) < 4.78 is 25.4. The summed E-state index contributed by atoms with van der Waals surface area (Å²) in [7, 11) is 1.49. The lowest BCUT2D eigenvalue weighted by Gasteiger charge is -2.33. The number of rotatable bonds is 7. The topological polar surface area (TPSA) is 55.8 Å². The zero-order valence-electron chi connectivity index (χ0n) is 16.3. The van der Waals surface area contributed by atoms with Crippen LogP contribution in [0, 0.1) is 5.82 Å². The Morgan fingerprint density at radius 3 is 2.68 bits per heavy atom. The van der Waals surface area contributed by atoms with Crippen LogP contribution >= 0.6 is 11.3 Å². The fourth-order valence-electron chi connectivity index (χ4n) is 3.92. The van der Waals surface area contributed by atoms with Gasteiger partial charge in [-0.25, -0.2) is 9.18 Å². The molecular formula is C21H26FNO4S. The van der Waals surface area contributed by atoms with E-state index in [1.165, 1.54) is 19.6 Å². The predicted molar refractivity (Wildman–Crippen MR) is 107 cm³/mol. The van der Waals surface area contributed by atoms with Crippen molar-refractivity contribution in [3.8, 4) is 0 Å². The summed E-state index contributed by atoms with van der Waals surface area (Å²) in [5, 5.41) is 0.380. The van der Waals surface area contributed by atoms with Crippen LogP contribution in [-0.4, -0.2) is 43.1 Å². The molecule has 0 radical (unpaired) electrons. The van der Waals surface area contributed by atoms with Crippen molar-refractivity contribution in [3.05, 3.63) is 34.5 Å². The molecule has 2 aromatic rings. The van der Waals surface area contributed by atoms with Crippen molar-refractivity contribution in [2.45, 2.75) is 51.7 Å². The third-order valence-electron chi connectivity index (χ3n) is 5.24. The molecule has 1 amide bonds. The van der Waals surface area contributed by atoms with Crippen LogP contribution in [0.15, 0.2) is 18.2 Å². The standard InChI is InChI=1S/C21H26FNO4S/c1-3-23(14-8-5-4-6-9-14)18(24)13-27-21(25)20-15(12-26-2)19-16(22)10-7-11-17(19)28-20/h7,10-11,14H,3-6,8-9,12-13H2,1-2H3. The van der Waals surface area contributed by atoms with Gasteiger partial charge in [-0.3, -0.25) is 4.79 Å². The maximum absolute atomic E-state index is 14.3. The van der Waals surface area contributed by atoms with Crippen LogP contribution in [0.25, 0.3) is 10.1 Å². The maximum Gasteiger partial charge on any atom is 0.349 e. The first kappa shape index (κ1) is 20.7. The number of fused-ring (bicyclic) bond motifs is 1. The van der Waals surface area contributed by atoms with Crippen molar-refractivity contribution in [1.29, 1.82) is 0 Å². The number of hydrogen-bond donors (Lipinski definition) is 0. The minimum absolute atomic E-state index is 0.0997. The Balaban J connectivity index is 1.73. The molecule has 0 bridgehead atoms. The average Bonchev–Trinajstić information content (AvgIpc) is 3.08. The molecule has 0 atom stereocenters. The van der Waals surface area contributed by atoms with E-state index in [1.54, 1.807) is 12.1 Å². The van der Waals surface area contributed by atoms with Crippen LogP contribution in [0.2, 0.25) is 0 Å². The van der Waals surface area contributed by atoms with E-state index in [-0.39, 0.29) is 30.0 Å². The molecular weight excluding hydrogens is 381 g/mol. The summed E-state index contributed by atoms with van der Waals surface area (Å²) in [6.07, 6.45) is 5.47. The number of ether oxygens (including phenoxy) is 2. The zero-order valence-corrected chi connectivity index (χ0v) is 17.1. The fraction of sp³-hybridized carbons (Fsp3) is 0.524. The Kier molecular flexibility index (Phi) is 7.02. The van der Waals surface area contributed by atoms with Gasteiger partial charge in [-0.1, -0.05) is 25.3 Å². The van der Waals surface area contributed by atoms with Crippen LogP contribution in [-0.2, 0) is 20.9 Å². The van der Waals surface area contributed by atoms with Gasteiger partial charge in [-0.05, 0) is 31.9 Å². The Hall–Kier alpha value is -1.99. The van der Waals surface area contributed by atoms with E-state index in [0.29, 0.717) is 22.2 Å². The number of methoxy groups -OCH3 is 1. The monoisotopic (exact) mass is 407 g/mol. The van der Waals surface area contributed by atoms with Crippen LogP contribution in [0.1, 0.15) is 54.3 Å². The van der Waals surface area contributed by atoms with E-state index in [4.69, 9.17) is 9.47 Å². The molecule has 1 aliphatic carbocycles. The van der Waals surface area contributed by atoms with Crippen LogP contribution in [0.3, 0.4) is 0 Å². The highest BCUT2D eigenvalue weighted by atomic mass is 32.1. The molecule has 152 valence electrons. The van der Waals surface area contributed by atoms with E-state index < -0.39 is 11.8 Å². The number of esters is 1. The minimum Gasteiger partial charge on any atom is -0.451 e. The molecule has 1 fully saturated rings. The summed E-state index contributed by atoms with van der Waals surface area (Å²) in [5.74, 6) is -1.19. The smallest absolute Gasteiger partial charge is 0.349 e. The lowest BCUT2D eigenvalue weighted by molar-refractivity contribution is -0.137. The Bertz CT molecular complexity index is 844. The first-order chi connectivity index (χ1) is 13.6. The second-order valence-electron chi connectivity index (χ2n) is 7.00. The Labute approximate surface area is 168 Å². The second-order valence-corrected chi connectivity index (χ2v) is 8.06. The number of likely N-dealkylation sites (N-methyl/N-ethyl adjacent to an activating group) is 1. The van der Waals surface area contributed by atoms with Crippen molar-refractivity contribution in [2.24, 2.45) is 0 Å². The number of halogens is 1. The van der Waals surface area contributed by atoms with Gasteiger partial charge in [0.05, 0.1) is 6.61 Å². The molecule has 0 aliphatic heterocycles. The number of nitrogens with zero attached hydrogens (tertiary/aromatic N) is 1. The summed E-state index contributed by atoms with van der Waals surface area (Å²) in [6.45, 7) is 2.35. The molecule has 3 rings (SSSR count). The number of amides is 1. The second kappa shape index (κ2) is 9.47. The van der Waals surface area contributed by atoms with Gasteiger partial charge in [0.25, 0.3) is 5.91 Å². The lowest BCUT2D eigenvalue weighted by atomic mass is 9.94. The van der Waals surface area contributed by atoms with E-state index >= 15 is 0 Å². The molecule has 1 aliphatic rings. The molecule has 7 heteroatoms. The highest BCUT2D eigenvalue weighted by Crippen LogP contribution is 2.34. The molecule has 1 aromatic carbocycles. The Morgan fingerprint density at radius 2 is 2.00 bits per heavy atom. The number of thiophene rings is 1. The van der Waals surface area contributed by atoms with Gasteiger partial charge in [0, 0.05) is 35.3 Å². The largest absolute Gasteiger partial charge is 0.451 e. The molecule has 5 nitrogen and oxygen atoms in total. The molecule has 0 saturated heterocycles. The van der Waals surface area contributed by atoms with Crippen molar-refractivity contribution in [1.82, 2.24) is 4.90 Å². The Morgan fingerprint density at radius 1 is 1.25 bits per heavy atom. The summed E-state index contributed by atoms with van der Waals surface area (Å²) in [6, 6.07) is 4.95. The fourth-order valence-corrected chi connectivity index (χ4v) is 5.04. The number of carbonyl (C=O) groups excluding carboxylic acids is 2. The van der Waals surface area contributed by atoms with Gasteiger partial charge in [-0.2, -0.15) is 0 Å². The van der Waals surface area contributed by atoms with Gasteiger partial charge >= 0.3 is 5.97 Å². The third kappa shape index (κ3) is 4.36. The van der Waals surface area contributed by atoms with Crippen molar-refractivity contribution < 1.29 is 23.5 Å². The SMILES string of the molecule is CCN(C(=O)COC(=O)c1sc2cccc(F)c2c1COC)C1CCCCC1. The minimum atomic E-state index is -0.610. The quantitative estimate of drug-likeness (QED) is 0.633. The summed E-state index contributed by atoms with van der Waals surface area (Å²) in [4.78, 5) is 27.4. The molecule has 28 heavy (non-hydrogen) atoms. The molecule has 0 spiro atoms. The number of benzene rings is 1. The van der Waals surface area contributed by atoms with Crippen LogP contribution < -0.4 is 0 Å². The maximum atomic E-state index is 14.3. The van der Waals surface area contributed by atoms with Gasteiger partial charge < -0.3 is 14.4 Å². The van der Waals surface area contributed by atoms with Crippen LogP contribution in [0.5, 0.6) is 0 Å². The van der Waals surface area contributed by atoms with E-state index in [1.807, 2.05) is 11.8 Å². The number of hydrogen-bond acceptors (Lipinski definition) is 5. The van der Waals surface area contributed by atoms with E-state index in [2.05, 4.69) is 0 Å². The summed E-state index contributed by atoms with van der Waals surface area (Å²) >= 11 is 1.16. The highest BCUT2D eigenvalue weighted by Gasteiger charge is 2.26. The molecule has 1 heterocycles. The highest BCUT2D eigenvalue weighted by molar-refractivity contribution is 7.21. The third-order valence-corrected chi connectivity index (χ3v) is 6.42.